The first-order chi connectivity index (χ1) is 15.4. The van der Waals surface area contributed by atoms with E-state index in [2.05, 4.69) is 20.3 Å². The van der Waals surface area contributed by atoms with Crippen LogP contribution in [0.1, 0.15) is 5.56 Å². The van der Waals surface area contributed by atoms with Crippen LogP contribution >= 0.6 is 11.6 Å². The number of sulfonamides is 1. The molecular weight excluding hydrogens is 450 g/mol. The molecule has 0 aliphatic carbocycles. The van der Waals surface area contributed by atoms with E-state index >= 15 is 0 Å². The van der Waals surface area contributed by atoms with Crippen molar-refractivity contribution in [2.24, 2.45) is 5.73 Å². The second-order valence-corrected chi connectivity index (χ2v) is 8.97. The van der Waals surface area contributed by atoms with E-state index in [1.165, 1.54) is 13.2 Å². The number of hydrogen-bond acceptors (Lipinski definition) is 7. The summed E-state index contributed by atoms with van der Waals surface area (Å²) in [6.45, 7) is 1.44. The molecular formula is C22H26ClN5O3S. The number of ether oxygens (including phenoxy) is 1. The Labute approximate surface area is 193 Å². The number of hydrogen-bond donors (Lipinski definition) is 4. The molecule has 1 aromatic heterocycles. The first-order valence-electron chi connectivity index (χ1n) is 10.0. The highest BCUT2D eigenvalue weighted by molar-refractivity contribution is 7.92. The predicted octanol–water partition coefficient (Wildman–Crippen LogP) is 3.57. The van der Waals surface area contributed by atoms with Crippen molar-refractivity contribution in [3.8, 4) is 5.75 Å². The number of aromatic nitrogens is 1. The van der Waals surface area contributed by atoms with E-state index in [1.807, 2.05) is 12.1 Å². The molecule has 0 saturated carbocycles. The molecule has 0 aliphatic rings. The third kappa shape index (κ3) is 6.25. The number of nitrogens with zero attached hydrogens (tertiary/aromatic N) is 1. The molecule has 5 N–H and O–H groups in total. The summed E-state index contributed by atoms with van der Waals surface area (Å²) in [6, 6.07) is 15.5. The third-order valence-corrected chi connectivity index (χ3v) is 6.33. The van der Waals surface area contributed by atoms with Gasteiger partial charge in [0.15, 0.2) is 0 Å². The van der Waals surface area contributed by atoms with Gasteiger partial charge in [0.2, 0.25) is 0 Å². The fourth-order valence-electron chi connectivity index (χ4n) is 3.08. The lowest BCUT2D eigenvalue weighted by molar-refractivity contribution is 0.414. The van der Waals surface area contributed by atoms with Crippen molar-refractivity contribution in [3.05, 3.63) is 71.4 Å². The van der Waals surface area contributed by atoms with Crippen LogP contribution < -0.4 is 25.8 Å². The quantitative estimate of drug-likeness (QED) is 0.313. The molecule has 0 spiro atoms. The molecule has 1 heterocycles. The second kappa shape index (κ2) is 11.0. The molecule has 0 atom stereocenters. The zero-order valence-corrected chi connectivity index (χ0v) is 19.2. The number of nitrogens with one attached hydrogen (secondary N) is 3. The highest BCUT2D eigenvalue weighted by atomic mass is 35.5. The van der Waals surface area contributed by atoms with E-state index in [0.717, 1.165) is 5.69 Å². The zero-order chi connectivity index (χ0) is 23.0. The van der Waals surface area contributed by atoms with Crippen molar-refractivity contribution in [1.82, 2.24) is 4.98 Å². The van der Waals surface area contributed by atoms with Crippen molar-refractivity contribution >= 4 is 38.8 Å². The number of benzene rings is 2. The minimum atomic E-state index is -3.86. The number of anilines is 3. The maximum Gasteiger partial charge on any atom is 0.262 e. The summed E-state index contributed by atoms with van der Waals surface area (Å²) in [5, 5.41) is 7.09. The number of methoxy groups -OCH3 is 1. The summed E-state index contributed by atoms with van der Waals surface area (Å²) in [5.74, 6) is 1.01. The normalized spacial score (nSPS) is 11.1. The largest absolute Gasteiger partial charge is 0.497 e. The van der Waals surface area contributed by atoms with Crippen LogP contribution in [-0.2, 0) is 16.4 Å². The molecule has 2 aromatic carbocycles. The molecule has 0 saturated heterocycles. The van der Waals surface area contributed by atoms with Gasteiger partial charge in [0.1, 0.15) is 11.6 Å². The van der Waals surface area contributed by atoms with Gasteiger partial charge in [0, 0.05) is 30.0 Å². The first-order valence-corrected chi connectivity index (χ1v) is 11.9. The Morgan fingerprint density at radius 1 is 1.06 bits per heavy atom. The lowest BCUT2D eigenvalue weighted by atomic mass is 10.1. The van der Waals surface area contributed by atoms with Crippen LogP contribution in [0.2, 0.25) is 5.02 Å². The smallest absolute Gasteiger partial charge is 0.262 e. The fourth-order valence-corrected chi connectivity index (χ4v) is 4.52. The van der Waals surface area contributed by atoms with Crippen LogP contribution in [0.25, 0.3) is 0 Å². The summed E-state index contributed by atoms with van der Waals surface area (Å²) in [6.07, 6.45) is 2.00. The van der Waals surface area contributed by atoms with E-state index < -0.39 is 10.0 Å². The summed E-state index contributed by atoms with van der Waals surface area (Å²) in [5.41, 5.74) is 7.55. The van der Waals surface area contributed by atoms with Gasteiger partial charge in [-0.25, -0.2) is 13.4 Å². The molecule has 0 amide bonds. The topological polar surface area (TPSA) is 118 Å². The SMILES string of the molecule is COc1ccc(S(=O)(=O)Nc2cccnc2NCCNc2ccc(Cl)cc2)c(CCN)c1. The van der Waals surface area contributed by atoms with E-state index in [9.17, 15) is 8.42 Å². The van der Waals surface area contributed by atoms with E-state index in [0.29, 0.717) is 53.9 Å². The standard InChI is InChI=1S/C22H26ClN5O3S/c1-31-19-8-9-21(16(15-19)10-11-24)32(29,30)28-20-3-2-12-26-22(20)27-14-13-25-18-6-4-17(23)5-7-18/h2-9,12,15,25,28H,10-11,13-14,24H2,1H3,(H,26,27). The lowest BCUT2D eigenvalue weighted by Gasteiger charge is -2.16. The molecule has 3 aromatic rings. The van der Waals surface area contributed by atoms with Crippen LogP contribution in [-0.4, -0.2) is 40.1 Å². The molecule has 3 rings (SSSR count). The van der Waals surface area contributed by atoms with Gasteiger partial charge in [-0.2, -0.15) is 0 Å². The lowest BCUT2D eigenvalue weighted by Crippen LogP contribution is -2.19. The van der Waals surface area contributed by atoms with Crippen molar-refractivity contribution < 1.29 is 13.2 Å². The molecule has 170 valence electrons. The van der Waals surface area contributed by atoms with Gasteiger partial charge in [-0.15, -0.1) is 0 Å². The highest BCUT2D eigenvalue weighted by Gasteiger charge is 2.20. The predicted molar refractivity (Wildman–Crippen MR) is 129 cm³/mol. The van der Waals surface area contributed by atoms with E-state index in [4.69, 9.17) is 22.1 Å². The maximum absolute atomic E-state index is 13.1. The van der Waals surface area contributed by atoms with Crippen LogP contribution in [0.5, 0.6) is 5.75 Å². The number of pyridine rings is 1. The van der Waals surface area contributed by atoms with Crippen LogP contribution in [0.4, 0.5) is 17.2 Å². The van der Waals surface area contributed by atoms with Gasteiger partial charge in [-0.05, 0) is 73.1 Å². The Hall–Kier alpha value is -3.01. The summed E-state index contributed by atoms with van der Waals surface area (Å²) in [7, 11) is -2.33. The van der Waals surface area contributed by atoms with Crippen molar-refractivity contribution in [2.75, 3.05) is 42.1 Å². The zero-order valence-electron chi connectivity index (χ0n) is 17.6. The second-order valence-electron chi connectivity index (χ2n) is 6.88. The van der Waals surface area contributed by atoms with Crippen molar-refractivity contribution in [2.45, 2.75) is 11.3 Å². The number of nitrogens with two attached hydrogens (primary N) is 1. The maximum atomic E-state index is 13.1. The Morgan fingerprint density at radius 3 is 2.53 bits per heavy atom. The van der Waals surface area contributed by atoms with Gasteiger partial charge in [-0.1, -0.05) is 11.6 Å². The first kappa shape index (κ1) is 23.6. The number of rotatable bonds is 11. The summed E-state index contributed by atoms with van der Waals surface area (Å²) >= 11 is 5.89. The Morgan fingerprint density at radius 2 is 1.81 bits per heavy atom. The monoisotopic (exact) mass is 475 g/mol. The van der Waals surface area contributed by atoms with Gasteiger partial charge >= 0.3 is 0 Å². The molecule has 0 unspecified atom stereocenters. The highest BCUT2D eigenvalue weighted by Crippen LogP contribution is 2.26. The average molecular weight is 476 g/mol. The van der Waals surface area contributed by atoms with Crippen LogP contribution in [0.15, 0.2) is 65.7 Å². The van der Waals surface area contributed by atoms with Gasteiger partial charge < -0.3 is 21.1 Å². The Bertz CT molecular complexity index is 1140. The molecule has 0 aliphatic heterocycles. The average Bonchev–Trinajstić information content (AvgIpc) is 2.78. The fraction of sp³-hybridized carbons (Fsp3) is 0.227. The van der Waals surface area contributed by atoms with Crippen molar-refractivity contribution in [3.63, 3.8) is 0 Å². The molecule has 0 fully saturated rings. The molecule has 10 heteroatoms. The van der Waals surface area contributed by atoms with Gasteiger partial charge in [0.25, 0.3) is 10.0 Å². The minimum absolute atomic E-state index is 0.156. The Kier molecular flexibility index (Phi) is 8.15. The van der Waals surface area contributed by atoms with Crippen LogP contribution in [0, 0.1) is 0 Å². The minimum Gasteiger partial charge on any atom is -0.497 e. The third-order valence-electron chi connectivity index (χ3n) is 4.61. The molecule has 0 bridgehead atoms. The number of halogens is 1. The van der Waals surface area contributed by atoms with Crippen LogP contribution in [0.3, 0.4) is 0 Å². The van der Waals surface area contributed by atoms with Crippen molar-refractivity contribution in [1.29, 1.82) is 0 Å². The van der Waals surface area contributed by atoms with E-state index in [-0.39, 0.29) is 4.90 Å². The van der Waals surface area contributed by atoms with E-state index in [1.54, 1.807) is 42.6 Å². The molecule has 0 radical (unpaired) electrons. The van der Waals surface area contributed by atoms with Gasteiger partial charge in [-0.3, -0.25) is 4.72 Å². The summed E-state index contributed by atoms with van der Waals surface area (Å²) in [4.78, 5) is 4.43. The summed E-state index contributed by atoms with van der Waals surface area (Å²) < 4.78 is 34.1. The Balaban J connectivity index is 1.70. The van der Waals surface area contributed by atoms with Gasteiger partial charge in [0.05, 0.1) is 17.7 Å². The molecule has 32 heavy (non-hydrogen) atoms. The molecule has 8 nitrogen and oxygen atoms in total.